The van der Waals surface area contributed by atoms with Crippen LogP contribution in [0.3, 0.4) is 0 Å². The quantitative estimate of drug-likeness (QED) is 0.769. The van der Waals surface area contributed by atoms with E-state index in [1.165, 1.54) is 0 Å². The number of aromatic nitrogens is 2. The molecule has 2 rings (SSSR count). The molecule has 0 aliphatic heterocycles. The van der Waals surface area contributed by atoms with Gasteiger partial charge in [0.15, 0.2) is 6.29 Å². The highest BCUT2D eigenvalue weighted by Gasteiger charge is 2.20. The second-order valence-electron chi connectivity index (χ2n) is 5.29. The van der Waals surface area contributed by atoms with Crippen molar-refractivity contribution in [3.8, 4) is 11.3 Å². The summed E-state index contributed by atoms with van der Waals surface area (Å²) in [7, 11) is 0. The van der Waals surface area contributed by atoms with Gasteiger partial charge in [0.2, 0.25) is 0 Å². The van der Waals surface area contributed by atoms with E-state index in [1.807, 2.05) is 20.8 Å². The highest BCUT2D eigenvalue weighted by atomic mass is 35.5. The number of nitrogens with zero attached hydrogens (tertiary/aromatic N) is 2. The molecule has 3 nitrogen and oxygen atoms in total. The Kier molecular flexibility index (Phi) is 3.70. The van der Waals surface area contributed by atoms with Crippen molar-refractivity contribution in [2.24, 2.45) is 0 Å². The largest absolute Gasteiger partial charge is 0.298 e. The van der Waals surface area contributed by atoms with Gasteiger partial charge in [-0.25, -0.2) is 0 Å². The van der Waals surface area contributed by atoms with Gasteiger partial charge >= 0.3 is 0 Å². The van der Waals surface area contributed by atoms with Gasteiger partial charge in [-0.15, -0.1) is 0 Å². The topological polar surface area (TPSA) is 34.9 Å². The molecule has 100 valence electrons. The minimum Gasteiger partial charge on any atom is -0.298 e. The third-order valence-corrected chi connectivity index (χ3v) is 3.31. The maximum atomic E-state index is 11.2. The molecule has 0 aliphatic carbocycles. The van der Waals surface area contributed by atoms with Crippen molar-refractivity contribution in [1.82, 2.24) is 9.78 Å². The van der Waals surface area contributed by atoms with Crippen LogP contribution < -0.4 is 0 Å². The molecule has 0 aliphatic rings. The van der Waals surface area contributed by atoms with Gasteiger partial charge in [-0.2, -0.15) is 5.10 Å². The number of aldehydes is 1. The van der Waals surface area contributed by atoms with E-state index in [9.17, 15) is 4.79 Å². The molecule has 0 atom stereocenters. The average molecular weight is 297 g/mol. The van der Waals surface area contributed by atoms with Crippen LogP contribution in [0.1, 0.15) is 31.1 Å². The summed E-state index contributed by atoms with van der Waals surface area (Å²) >= 11 is 12.1. The summed E-state index contributed by atoms with van der Waals surface area (Å²) in [6.07, 6.45) is 2.50. The lowest BCUT2D eigenvalue weighted by Gasteiger charge is -2.18. The molecule has 0 radical (unpaired) electrons. The minimum atomic E-state index is -0.207. The summed E-state index contributed by atoms with van der Waals surface area (Å²) in [4.78, 5) is 11.2. The maximum Gasteiger partial charge on any atom is 0.153 e. The Hall–Kier alpha value is -1.32. The molecule has 5 heteroatoms. The first-order valence-electron chi connectivity index (χ1n) is 5.83. The molecule has 0 saturated heterocycles. The van der Waals surface area contributed by atoms with E-state index in [4.69, 9.17) is 23.2 Å². The second kappa shape index (κ2) is 4.99. The SMILES string of the molecule is CC(C)(C)n1cc(C=O)c(-c2cc(Cl)ccc2Cl)n1. The minimum absolute atomic E-state index is 0.207. The molecule has 0 spiro atoms. The fourth-order valence-corrected chi connectivity index (χ4v) is 2.08. The van der Waals surface area contributed by atoms with Crippen LogP contribution in [0.5, 0.6) is 0 Å². The molecule has 2 aromatic rings. The van der Waals surface area contributed by atoms with Crippen LogP contribution in [-0.4, -0.2) is 16.1 Å². The van der Waals surface area contributed by atoms with E-state index in [1.54, 1.807) is 29.1 Å². The van der Waals surface area contributed by atoms with Gasteiger partial charge in [-0.3, -0.25) is 9.48 Å². The van der Waals surface area contributed by atoms with Crippen LogP contribution in [-0.2, 0) is 5.54 Å². The molecule has 0 fully saturated rings. The van der Waals surface area contributed by atoms with Gasteiger partial charge in [0.05, 0.1) is 16.1 Å². The normalized spacial score (nSPS) is 11.6. The Morgan fingerprint density at radius 3 is 2.53 bits per heavy atom. The highest BCUT2D eigenvalue weighted by Crippen LogP contribution is 2.32. The second-order valence-corrected chi connectivity index (χ2v) is 6.13. The fraction of sp³-hybridized carbons (Fsp3) is 0.286. The van der Waals surface area contributed by atoms with Crippen molar-refractivity contribution < 1.29 is 4.79 Å². The summed E-state index contributed by atoms with van der Waals surface area (Å²) < 4.78 is 1.75. The van der Waals surface area contributed by atoms with Crippen LogP contribution in [0.4, 0.5) is 0 Å². The van der Waals surface area contributed by atoms with Crippen molar-refractivity contribution in [2.45, 2.75) is 26.3 Å². The van der Waals surface area contributed by atoms with Crippen molar-refractivity contribution in [2.75, 3.05) is 0 Å². The van der Waals surface area contributed by atoms with E-state index < -0.39 is 0 Å². The van der Waals surface area contributed by atoms with E-state index in [2.05, 4.69) is 5.10 Å². The lowest BCUT2D eigenvalue weighted by atomic mass is 10.1. The molecule has 0 unspecified atom stereocenters. The van der Waals surface area contributed by atoms with Crippen molar-refractivity contribution >= 4 is 29.5 Å². The van der Waals surface area contributed by atoms with Gasteiger partial charge in [-0.05, 0) is 39.0 Å². The molecule has 1 aromatic carbocycles. The van der Waals surface area contributed by atoms with Crippen LogP contribution in [0.2, 0.25) is 10.0 Å². The molecule has 1 heterocycles. The molecule has 19 heavy (non-hydrogen) atoms. The molecule has 0 N–H and O–H groups in total. The predicted molar refractivity (Wildman–Crippen MR) is 78.1 cm³/mol. The first-order valence-corrected chi connectivity index (χ1v) is 6.59. The Balaban J connectivity index is 2.64. The molecular weight excluding hydrogens is 283 g/mol. The Morgan fingerprint density at radius 1 is 1.26 bits per heavy atom. The third-order valence-electron chi connectivity index (χ3n) is 2.74. The summed E-state index contributed by atoms with van der Waals surface area (Å²) in [6, 6.07) is 5.12. The summed E-state index contributed by atoms with van der Waals surface area (Å²) in [6.45, 7) is 6.04. The maximum absolute atomic E-state index is 11.2. The molecule has 0 amide bonds. The zero-order chi connectivity index (χ0) is 14.2. The van der Waals surface area contributed by atoms with E-state index in [-0.39, 0.29) is 5.54 Å². The van der Waals surface area contributed by atoms with Crippen LogP contribution >= 0.6 is 23.2 Å². The number of hydrogen-bond acceptors (Lipinski definition) is 2. The monoisotopic (exact) mass is 296 g/mol. The van der Waals surface area contributed by atoms with E-state index >= 15 is 0 Å². The zero-order valence-electron chi connectivity index (χ0n) is 10.9. The molecule has 0 saturated carbocycles. The summed E-state index contributed by atoms with van der Waals surface area (Å²) in [5.41, 5.74) is 1.51. The predicted octanol–water partition coefficient (Wildman–Crippen LogP) is 4.42. The Labute approximate surface area is 122 Å². The summed E-state index contributed by atoms with van der Waals surface area (Å²) in [5.74, 6) is 0. The van der Waals surface area contributed by atoms with Gasteiger partial charge in [0.25, 0.3) is 0 Å². The highest BCUT2D eigenvalue weighted by molar-refractivity contribution is 6.35. The van der Waals surface area contributed by atoms with Crippen LogP contribution in [0.25, 0.3) is 11.3 Å². The number of carbonyl (C=O) groups excluding carboxylic acids is 1. The lowest BCUT2D eigenvalue weighted by molar-refractivity contribution is 0.112. The number of rotatable bonds is 2. The standard InChI is InChI=1S/C14H14Cl2N2O/c1-14(2,3)18-7-9(8-19)13(17-18)11-6-10(15)4-5-12(11)16/h4-8H,1-3H3. The van der Waals surface area contributed by atoms with E-state index in [0.717, 1.165) is 6.29 Å². The number of hydrogen-bond donors (Lipinski definition) is 0. The summed E-state index contributed by atoms with van der Waals surface area (Å²) in [5, 5.41) is 5.54. The molecule has 0 bridgehead atoms. The number of halogens is 2. The van der Waals surface area contributed by atoms with Crippen LogP contribution in [0.15, 0.2) is 24.4 Å². The van der Waals surface area contributed by atoms with Crippen LogP contribution in [0, 0.1) is 0 Å². The first-order chi connectivity index (χ1) is 8.82. The Bertz CT molecular complexity index is 627. The van der Waals surface area contributed by atoms with Crippen molar-refractivity contribution in [3.05, 3.63) is 40.0 Å². The van der Waals surface area contributed by atoms with Gasteiger partial charge in [-0.1, -0.05) is 23.2 Å². The number of benzene rings is 1. The number of carbonyl (C=O) groups is 1. The smallest absolute Gasteiger partial charge is 0.153 e. The van der Waals surface area contributed by atoms with Gasteiger partial charge < -0.3 is 0 Å². The van der Waals surface area contributed by atoms with Gasteiger partial charge in [0.1, 0.15) is 5.69 Å². The molecule has 1 aromatic heterocycles. The average Bonchev–Trinajstić information content (AvgIpc) is 2.76. The van der Waals surface area contributed by atoms with Crippen molar-refractivity contribution in [1.29, 1.82) is 0 Å². The molecular formula is C14H14Cl2N2O. The zero-order valence-corrected chi connectivity index (χ0v) is 12.5. The first kappa shape index (κ1) is 14.1. The fourth-order valence-electron chi connectivity index (χ4n) is 1.71. The third kappa shape index (κ3) is 2.82. The van der Waals surface area contributed by atoms with Gasteiger partial charge in [0, 0.05) is 16.8 Å². The van der Waals surface area contributed by atoms with E-state index in [0.29, 0.717) is 26.9 Å². The lowest BCUT2D eigenvalue weighted by Crippen LogP contribution is -2.22. The Morgan fingerprint density at radius 2 is 1.95 bits per heavy atom. The van der Waals surface area contributed by atoms with Crippen molar-refractivity contribution in [3.63, 3.8) is 0 Å².